The van der Waals surface area contributed by atoms with Crippen molar-refractivity contribution in [2.75, 3.05) is 13.2 Å². The summed E-state index contributed by atoms with van der Waals surface area (Å²) < 4.78 is 12.3. The Balaban J connectivity index is 1.86. The first-order valence-electron chi connectivity index (χ1n) is 6.48. The molecule has 0 aliphatic rings. The van der Waals surface area contributed by atoms with Crippen LogP contribution in [0.25, 0.3) is 0 Å². The van der Waals surface area contributed by atoms with Gasteiger partial charge >= 0.3 is 0 Å². The van der Waals surface area contributed by atoms with Crippen molar-refractivity contribution in [3.8, 4) is 11.5 Å². The van der Waals surface area contributed by atoms with E-state index in [1.165, 1.54) is 0 Å². The minimum absolute atomic E-state index is 0.362. The predicted octanol–water partition coefficient (Wildman–Crippen LogP) is 3.85. The monoisotopic (exact) mass is 365 g/mol. The molecule has 0 aliphatic carbocycles. The van der Waals surface area contributed by atoms with Crippen molar-refractivity contribution >= 4 is 33.1 Å². The van der Waals surface area contributed by atoms with Gasteiger partial charge in [-0.05, 0) is 36.8 Å². The number of hydrogen-bond acceptors (Lipinski definition) is 3. The lowest BCUT2D eigenvalue weighted by molar-refractivity contribution is 0.216. The molecule has 0 fully saturated rings. The number of nitrogens with two attached hydrogens (primary N) is 1. The largest absolute Gasteiger partial charge is 0.490 e. The first-order chi connectivity index (χ1) is 10.1. The summed E-state index contributed by atoms with van der Waals surface area (Å²) in [5.74, 6) is 1.58. The molecule has 5 heteroatoms. The molecule has 3 nitrogen and oxygen atoms in total. The van der Waals surface area contributed by atoms with Gasteiger partial charge in [-0.1, -0.05) is 46.3 Å². The molecule has 110 valence electrons. The van der Waals surface area contributed by atoms with Gasteiger partial charge in [0.1, 0.15) is 29.7 Å². The van der Waals surface area contributed by atoms with E-state index in [0.29, 0.717) is 18.2 Å². The van der Waals surface area contributed by atoms with Crippen molar-refractivity contribution in [2.45, 2.75) is 6.92 Å². The fraction of sp³-hybridized carbons (Fsp3) is 0.188. The fourth-order valence-electron chi connectivity index (χ4n) is 1.78. The van der Waals surface area contributed by atoms with E-state index in [1.54, 1.807) is 0 Å². The first-order valence-corrected chi connectivity index (χ1v) is 7.68. The highest BCUT2D eigenvalue weighted by atomic mass is 79.9. The van der Waals surface area contributed by atoms with Gasteiger partial charge < -0.3 is 15.2 Å². The average molecular weight is 366 g/mol. The molecule has 0 bridgehead atoms. The Labute approximate surface area is 138 Å². The van der Waals surface area contributed by atoms with E-state index in [-0.39, 0.29) is 0 Å². The average Bonchev–Trinajstić information content (AvgIpc) is 2.47. The molecule has 0 heterocycles. The molecular formula is C16H16BrNO2S. The summed E-state index contributed by atoms with van der Waals surface area (Å²) >= 11 is 8.37. The number of halogens is 1. The zero-order valence-corrected chi connectivity index (χ0v) is 14.0. The normalized spacial score (nSPS) is 10.2. The van der Waals surface area contributed by atoms with Crippen LogP contribution in [0.1, 0.15) is 11.1 Å². The molecule has 0 saturated carbocycles. The molecular weight excluding hydrogens is 350 g/mol. The van der Waals surface area contributed by atoms with Gasteiger partial charge in [0.25, 0.3) is 0 Å². The van der Waals surface area contributed by atoms with E-state index in [9.17, 15) is 0 Å². The molecule has 0 amide bonds. The van der Waals surface area contributed by atoms with E-state index in [1.807, 2.05) is 49.4 Å². The van der Waals surface area contributed by atoms with Gasteiger partial charge in [-0.2, -0.15) is 0 Å². The number of rotatable bonds is 6. The minimum Gasteiger partial charge on any atom is -0.490 e. The highest BCUT2D eigenvalue weighted by molar-refractivity contribution is 9.10. The van der Waals surface area contributed by atoms with E-state index in [4.69, 9.17) is 27.4 Å². The second-order valence-corrected chi connectivity index (χ2v) is 5.85. The number of thiocarbonyl (C=S) groups is 1. The van der Waals surface area contributed by atoms with Gasteiger partial charge in [0.2, 0.25) is 0 Å². The minimum atomic E-state index is 0.362. The van der Waals surface area contributed by atoms with Crippen LogP contribution in [0.3, 0.4) is 0 Å². The molecule has 21 heavy (non-hydrogen) atoms. The topological polar surface area (TPSA) is 44.5 Å². The van der Waals surface area contributed by atoms with Crippen molar-refractivity contribution in [1.29, 1.82) is 0 Å². The van der Waals surface area contributed by atoms with Gasteiger partial charge in [0.05, 0.1) is 0 Å². The number of aryl methyl sites for hydroxylation is 1. The van der Waals surface area contributed by atoms with Crippen LogP contribution in [0.4, 0.5) is 0 Å². The third-order valence-electron chi connectivity index (χ3n) is 2.88. The van der Waals surface area contributed by atoms with E-state index >= 15 is 0 Å². The van der Waals surface area contributed by atoms with E-state index < -0.39 is 0 Å². The van der Waals surface area contributed by atoms with Crippen molar-refractivity contribution in [2.24, 2.45) is 5.73 Å². The third kappa shape index (κ3) is 4.72. The summed E-state index contributed by atoms with van der Waals surface area (Å²) in [6.07, 6.45) is 0. The summed E-state index contributed by atoms with van der Waals surface area (Å²) in [5, 5.41) is 0. The number of ether oxygens (including phenoxy) is 2. The fourth-order valence-corrected chi connectivity index (χ4v) is 2.25. The Morgan fingerprint density at radius 1 is 1.14 bits per heavy atom. The molecule has 2 rings (SSSR count). The van der Waals surface area contributed by atoms with Gasteiger partial charge in [-0.25, -0.2) is 0 Å². The number of benzene rings is 2. The highest BCUT2D eigenvalue weighted by Crippen LogP contribution is 2.22. The van der Waals surface area contributed by atoms with E-state index in [2.05, 4.69) is 15.9 Å². The summed E-state index contributed by atoms with van der Waals surface area (Å²) in [4.78, 5) is 0.362. The summed E-state index contributed by atoms with van der Waals surface area (Å²) in [5.41, 5.74) is 7.48. The van der Waals surface area contributed by atoms with E-state index in [0.717, 1.165) is 27.1 Å². The van der Waals surface area contributed by atoms with Gasteiger partial charge in [0.15, 0.2) is 0 Å². The maximum Gasteiger partial charge on any atom is 0.123 e. The molecule has 2 N–H and O–H groups in total. The molecule has 0 radical (unpaired) electrons. The van der Waals surface area contributed by atoms with Crippen LogP contribution >= 0.6 is 28.1 Å². The maximum atomic E-state index is 5.71. The Morgan fingerprint density at radius 3 is 2.67 bits per heavy atom. The molecule has 0 atom stereocenters. The Bertz CT molecular complexity index is 646. The first kappa shape index (κ1) is 15.8. The Morgan fingerprint density at radius 2 is 1.90 bits per heavy atom. The van der Waals surface area contributed by atoms with Crippen LogP contribution in [0.5, 0.6) is 11.5 Å². The van der Waals surface area contributed by atoms with Crippen LogP contribution in [-0.4, -0.2) is 18.2 Å². The lowest BCUT2D eigenvalue weighted by Crippen LogP contribution is -2.11. The molecule has 2 aromatic carbocycles. The quantitative estimate of drug-likeness (QED) is 0.623. The second kappa shape index (κ2) is 7.43. The molecule has 0 spiro atoms. The van der Waals surface area contributed by atoms with Crippen LogP contribution in [0.15, 0.2) is 46.9 Å². The molecule has 0 unspecified atom stereocenters. The van der Waals surface area contributed by atoms with Crippen LogP contribution in [0.2, 0.25) is 0 Å². The van der Waals surface area contributed by atoms with Crippen LogP contribution < -0.4 is 15.2 Å². The summed E-state index contributed by atoms with van der Waals surface area (Å²) in [6.45, 7) is 2.93. The van der Waals surface area contributed by atoms with Crippen molar-refractivity contribution in [1.82, 2.24) is 0 Å². The standard InChI is InChI=1S/C16H16BrNO2S/c1-11-5-6-13(17)10-15(11)20-8-7-19-14-4-2-3-12(9-14)16(18)21/h2-6,9-10H,7-8H2,1H3,(H2,18,21). The molecule has 0 aromatic heterocycles. The second-order valence-electron chi connectivity index (χ2n) is 4.50. The van der Waals surface area contributed by atoms with Crippen molar-refractivity contribution in [3.63, 3.8) is 0 Å². The molecule has 2 aromatic rings. The smallest absolute Gasteiger partial charge is 0.123 e. The van der Waals surface area contributed by atoms with Crippen LogP contribution in [0, 0.1) is 6.92 Å². The molecule has 0 aliphatic heterocycles. The van der Waals surface area contributed by atoms with Crippen LogP contribution in [-0.2, 0) is 0 Å². The zero-order valence-electron chi connectivity index (χ0n) is 11.6. The number of hydrogen-bond donors (Lipinski definition) is 1. The maximum absolute atomic E-state index is 5.71. The molecule has 0 saturated heterocycles. The predicted molar refractivity (Wildman–Crippen MR) is 92.2 cm³/mol. The van der Waals surface area contributed by atoms with Gasteiger partial charge in [-0.3, -0.25) is 0 Å². The van der Waals surface area contributed by atoms with Gasteiger partial charge in [-0.15, -0.1) is 0 Å². The highest BCUT2D eigenvalue weighted by Gasteiger charge is 2.02. The van der Waals surface area contributed by atoms with Gasteiger partial charge in [0, 0.05) is 10.0 Å². The van der Waals surface area contributed by atoms with Crippen molar-refractivity contribution in [3.05, 3.63) is 58.1 Å². The Kier molecular flexibility index (Phi) is 5.59. The SMILES string of the molecule is Cc1ccc(Br)cc1OCCOc1cccc(C(N)=S)c1. The summed E-state index contributed by atoms with van der Waals surface area (Å²) in [6, 6.07) is 13.4. The zero-order chi connectivity index (χ0) is 15.2. The lowest BCUT2D eigenvalue weighted by Gasteiger charge is -2.11. The van der Waals surface area contributed by atoms with Crippen molar-refractivity contribution < 1.29 is 9.47 Å². The third-order valence-corrected chi connectivity index (χ3v) is 3.61. The summed E-state index contributed by atoms with van der Waals surface area (Å²) in [7, 11) is 0. The lowest BCUT2D eigenvalue weighted by atomic mass is 10.2. The Hall–Kier alpha value is -1.59.